The zero-order valence-corrected chi connectivity index (χ0v) is 18.4. The Hall–Kier alpha value is -3.32. The second-order valence-electron chi connectivity index (χ2n) is 7.18. The van der Waals surface area contributed by atoms with E-state index >= 15 is 0 Å². The standard InChI is InChI=1S/C24H25N3O3S/c1-29-20-8-3-17(4-9-20)13-14-25-23(28)12-7-19-16-31-24-26-22(15-27(19)24)18-5-10-21(30-2)11-6-18/h3-6,8-11,15-16H,7,12-14H2,1-2H3,(H,25,28). The number of rotatable bonds is 9. The van der Waals surface area contributed by atoms with Gasteiger partial charge in [0.05, 0.1) is 19.9 Å². The predicted molar refractivity (Wildman–Crippen MR) is 123 cm³/mol. The van der Waals surface area contributed by atoms with Gasteiger partial charge in [-0.25, -0.2) is 4.98 Å². The summed E-state index contributed by atoms with van der Waals surface area (Å²) in [6, 6.07) is 15.8. The Morgan fingerprint density at radius 3 is 2.35 bits per heavy atom. The maximum absolute atomic E-state index is 12.3. The molecule has 0 bridgehead atoms. The van der Waals surface area contributed by atoms with E-state index in [4.69, 9.17) is 14.5 Å². The van der Waals surface area contributed by atoms with Gasteiger partial charge in [0, 0.05) is 35.8 Å². The molecule has 0 unspecified atom stereocenters. The lowest BCUT2D eigenvalue weighted by atomic mass is 10.1. The van der Waals surface area contributed by atoms with Gasteiger partial charge in [0.1, 0.15) is 11.5 Å². The molecule has 0 aliphatic carbocycles. The number of aryl methyl sites for hydroxylation is 1. The number of carbonyl (C=O) groups is 1. The van der Waals surface area contributed by atoms with Crippen molar-refractivity contribution in [3.05, 3.63) is 71.4 Å². The van der Waals surface area contributed by atoms with E-state index in [1.165, 1.54) is 5.56 Å². The van der Waals surface area contributed by atoms with Gasteiger partial charge in [0.2, 0.25) is 5.91 Å². The number of ether oxygens (including phenoxy) is 2. The van der Waals surface area contributed by atoms with Crippen molar-refractivity contribution in [2.45, 2.75) is 19.3 Å². The number of aromatic nitrogens is 2. The summed E-state index contributed by atoms with van der Waals surface area (Å²) in [6.45, 7) is 0.622. The summed E-state index contributed by atoms with van der Waals surface area (Å²) in [4.78, 5) is 17.9. The minimum atomic E-state index is 0.0587. The molecule has 160 valence electrons. The van der Waals surface area contributed by atoms with Crippen LogP contribution >= 0.6 is 11.3 Å². The van der Waals surface area contributed by atoms with Gasteiger partial charge in [-0.15, -0.1) is 11.3 Å². The Labute approximate surface area is 185 Å². The Morgan fingerprint density at radius 1 is 1.00 bits per heavy atom. The number of thiazole rings is 1. The Morgan fingerprint density at radius 2 is 1.68 bits per heavy atom. The van der Waals surface area contributed by atoms with E-state index in [1.54, 1.807) is 25.6 Å². The number of hydrogen-bond donors (Lipinski definition) is 1. The van der Waals surface area contributed by atoms with Crippen LogP contribution in [-0.4, -0.2) is 36.1 Å². The van der Waals surface area contributed by atoms with Crippen molar-refractivity contribution in [1.29, 1.82) is 0 Å². The average molecular weight is 436 g/mol. The first-order valence-corrected chi connectivity index (χ1v) is 11.0. The molecule has 6 nitrogen and oxygen atoms in total. The van der Waals surface area contributed by atoms with E-state index in [0.717, 1.165) is 39.8 Å². The third kappa shape index (κ3) is 5.06. The zero-order chi connectivity index (χ0) is 21.6. The van der Waals surface area contributed by atoms with Crippen molar-refractivity contribution >= 4 is 22.2 Å². The number of carbonyl (C=O) groups excluding carboxylic acids is 1. The van der Waals surface area contributed by atoms with Crippen molar-refractivity contribution in [3.8, 4) is 22.8 Å². The molecule has 0 aliphatic heterocycles. The lowest BCUT2D eigenvalue weighted by molar-refractivity contribution is -0.121. The van der Waals surface area contributed by atoms with Crippen LogP contribution in [0.4, 0.5) is 0 Å². The Bertz CT molecular complexity index is 1150. The van der Waals surface area contributed by atoms with Crippen molar-refractivity contribution in [2.24, 2.45) is 0 Å². The normalized spacial score (nSPS) is 10.9. The first-order chi connectivity index (χ1) is 15.2. The maximum Gasteiger partial charge on any atom is 0.220 e. The SMILES string of the molecule is COc1ccc(CCNC(=O)CCc2csc3nc(-c4ccc(OC)cc4)cn23)cc1. The fraction of sp³-hybridized carbons (Fsp3) is 0.250. The molecule has 0 saturated heterocycles. The molecule has 4 rings (SSSR count). The average Bonchev–Trinajstić information content (AvgIpc) is 3.39. The number of imidazole rings is 1. The van der Waals surface area contributed by atoms with Crippen molar-refractivity contribution < 1.29 is 14.3 Å². The van der Waals surface area contributed by atoms with Crippen LogP contribution in [0.1, 0.15) is 17.7 Å². The van der Waals surface area contributed by atoms with Gasteiger partial charge in [0.15, 0.2) is 4.96 Å². The highest BCUT2D eigenvalue weighted by atomic mass is 32.1. The number of benzene rings is 2. The van der Waals surface area contributed by atoms with Crippen LogP contribution in [0.15, 0.2) is 60.1 Å². The molecule has 7 heteroatoms. The molecule has 0 atom stereocenters. The molecule has 0 spiro atoms. The second-order valence-corrected chi connectivity index (χ2v) is 8.02. The monoisotopic (exact) mass is 435 g/mol. The number of amides is 1. The number of nitrogens with one attached hydrogen (secondary N) is 1. The third-order valence-corrected chi connectivity index (χ3v) is 6.06. The lowest BCUT2D eigenvalue weighted by Crippen LogP contribution is -2.26. The van der Waals surface area contributed by atoms with Gasteiger partial charge in [0.25, 0.3) is 0 Å². The van der Waals surface area contributed by atoms with Gasteiger partial charge < -0.3 is 14.8 Å². The molecule has 1 amide bonds. The summed E-state index contributed by atoms with van der Waals surface area (Å²) < 4.78 is 12.5. The van der Waals surface area contributed by atoms with Crippen LogP contribution in [0.25, 0.3) is 16.2 Å². The molecule has 2 aromatic carbocycles. The molecule has 4 aromatic rings. The molecular weight excluding hydrogens is 410 g/mol. The Kier molecular flexibility index (Phi) is 6.52. The van der Waals surface area contributed by atoms with Gasteiger partial charge >= 0.3 is 0 Å². The molecule has 0 aliphatic rings. The first-order valence-electron chi connectivity index (χ1n) is 10.2. The lowest BCUT2D eigenvalue weighted by Gasteiger charge is -2.06. The largest absolute Gasteiger partial charge is 0.497 e. The van der Waals surface area contributed by atoms with Crippen LogP contribution in [0, 0.1) is 0 Å². The quantitative estimate of drug-likeness (QED) is 0.424. The minimum absolute atomic E-state index is 0.0587. The van der Waals surface area contributed by atoms with E-state index < -0.39 is 0 Å². The van der Waals surface area contributed by atoms with Gasteiger partial charge in [-0.1, -0.05) is 12.1 Å². The van der Waals surface area contributed by atoms with Crippen molar-refractivity contribution in [2.75, 3.05) is 20.8 Å². The van der Waals surface area contributed by atoms with Crippen LogP contribution in [0.2, 0.25) is 0 Å². The molecule has 0 saturated carbocycles. The summed E-state index contributed by atoms with van der Waals surface area (Å²) in [6.07, 6.45) is 3.95. The van der Waals surface area contributed by atoms with Crippen molar-refractivity contribution in [3.63, 3.8) is 0 Å². The fourth-order valence-electron chi connectivity index (χ4n) is 3.38. The Balaban J connectivity index is 1.30. The topological polar surface area (TPSA) is 64.9 Å². The van der Waals surface area contributed by atoms with Crippen LogP contribution in [0.3, 0.4) is 0 Å². The van der Waals surface area contributed by atoms with E-state index in [2.05, 4.69) is 15.1 Å². The third-order valence-electron chi connectivity index (χ3n) is 5.17. The summed E-state index contributed by atoms with van der Waals surface area (Å²) in [5, 5.41) is 5.08. The highest BCUT2D eigenvalue weighted by Gasteiger charge is 2.11. The molecule has 31 heavy (non-hydrogen) atoms. The van der Waals surface area contributed by atoms with Crippen LogP contribution in [0.5, 0.6) is 11.5 Å². The zero-order valence-electron chi connectivity index (χ0n) is 17.6. The van der Waals surface area contributed by atoms with E-state index in [0.29, 0.717) is 19.4 Å². The van der Waals surface area contributed by atoms with Gasteiger partial charge in [-0.05, 0) is 54.8 Å². The number of hydrogen-bond acceptors (Lipinski definition) is 5. The minimum Gasteiger partial charge on any atom is -0.497 e. The highest BCUT2D eigenvalue weighted by Crippen LogP contribution is 2.25. The molecule has 0 fully saturated rings. The fourth-order valence-corrected chi connectivity index (χ4v) is 4.29. The van der Waals surface area contributed by atoms with Gasteiger partial charge in [-0.2, -0.15) is 0 Å². The van der Waals surface area contributed by atoms with Crippen LogP contribution in [-0.2, 0) is 17.6 Å². The van der Waals surface area contributed by atoms with E-state index in [-0.39, 0.29) is 5.91 Å². The van der Waals surface area contributed by atoms with Crippen LogP contribution < -0.4 is 14.8 Å². The molecule has 2 heterocycles. The molecule has 1 N–H and O–H groups in total. The predicted octanol–water partition coefficient (Wildman–Crippen LogP) is 4.37. The van der Waals surface area contributed by atoms with E-state index in [9.17, 15) is 4.79 Å². The van der Waals surface area contributed by atoms with Gasteiger partial charge in [-0.3, -0.25) is 9.20 Å². The maximum atomic E-state index is 12.3. The number of fused-ring (bicyclic) bond motifs is 1. The van der Waals surface area contributed by atoms with E-state index in [1.807, 2.05) is 54.7 Å². The summed E-state index contributed by atoms with van der Waals surface area (Å²) in [5.74, 6) is 1.72. The van der Waals surface area contributed by atoms with Crippen molar-refractivity contribution in [1.82, 2.24) is 14.7 Å². The molecular formula is C24H25N3O3S. The summed E-state index contributed by atoms with van der Waals surface area (Å²) >= 11 is 1.59. The molecule has 0 radical (unpaired) electrons. The number of methoxy groups -OCH3 is 2. The summed E-state index contributed by atoms with van der Waals surface area (Å²) in [7, 11) is 3.31. The second kappa shape index (κ2) is 9.66. The molecule has 2 aromatic heterocycles. The summed E-state index contributed by atoms with van der Waals surface area (Å²) in [5.41, 5.74) is 4.22. The smallest absolute Gasteiger partial charge is 0.220 e. The highest BCUT2D eigenvalue weighted by molar-refractivity contribution is 7.15. The first kappa shape index (κ1) is 20.9. The number of nitrogens with zero attached hydrogens (tertiary/aromatic N) is 2.